The molecule has 0 unspecified atom stereocenters. The molecule has 3 rings (SSSR count). The number of para-hydroxylation sites is 1. The Morgan fingerprint density at radius 1 is 1.12 bits per heavy atom. The van der Waals surface area contributed by atoms with Crippen LogP contribution in [0.4, 0.5) is 4.39 Å². The van der Waals surface area contributed by atoms with Crippen LogP contribution in [0.5, 0.6) is 5.75 Å². The number of carbonyl (C=O) groups is 1. The molecule has 0 saturated heterocycles. The Labute approximate surface area is 142 Å². The second-order valence-corrected chi connectivity index (χ2v) is 5.22. The van der Waals surface area contributed by atoms with Crippen molar-refractivity contribution in [1.82, 2.24) is 9.55 Å². The summed E-state index contributed by atoms with van der Waals surface area (Å²) < 4.78 is 24.4. The van der Waals surface area contributed by atoms with Crippen molar-refractivity contribution in [1.29, 1.82) is 0 Å². The summed E-state index contributed by atoms with van der Waals surface area (Å²) in [5.74, 6) is -0.594. The van der Waals surface area contributed by atoms with Crippen LogP contribution in [0.1, 0.15) is 0 Å². The van der Waals surface area contributed by atoms with E-state index in [1.165, 1.54) is 35.2 Å². The van der Waals surface area contributed by atoms with E-state index in [1.54, 1.807) is 18.2 Å². The first-order chi connectivity index (χ1) is 12.1. The molecule has 0 amide bonds. The number of esters is 1. The van der Waals surface area contributed by atoms with Gasteiger partial charge in [0.15, 0.2) is 6.61 Å². The molecule has 0 N–H and O–H groups in total. The lowest BCUT2D eigenvalue weighted by molar-refractivity contribution is -0.146. The lowest BCUT2D eigenvalue weighted by Crippen LogP contribution is -2.24. The lowest BCUT2D eigenvalue weighted by Gasteiger charge is -2.09. The van der Waals surface area contributed by atoms with Crippen molar-refractivity contribution < 1.29 is 18.7 Å². The Kier molecular flexibility index (Phi) is 5.03. The molecule has 0 saturated carbocycles. The van der Waals surface area contributed by atoms with Crippen LogP contribution in [-0.2, 0) is 16.1 Å². The van der Waals surface area contributed by atoms with Crippen LogP contribution >= 0.6 is 0 Å². The normalized spacial score (nSPS) is 10.6. The minimum atomic E-state index is -0.578. The summed E-state index contributed by atoms with van der Waals surface area (Å²) in [5.41, 5.74) is 0.428. The van der Waals surface area contributed by atoms with Crippen LogP contribution in [0, 0.1) is 5.82 Å². The standard InChI is InChI=1S/C18H15FN2O4/c19-13-5-7-14(8-6-13)25-11-17(22)24-10-9-21-12-20-16-4-2-1-3-15(16)18(21)23/h1-8,12H,9-11H2. The second kappa shape index (κ2) is 7.57. The van der Waals surface area contributed by atoms with Crippen LogP contribution in [0.2, 0.25) is 0 Å². The molecule has 0 radical (unpaired) electrons. The summed E-state index contributed by atoms with van der Waals surface area (Å²) in [6.07, 6.45) is 1.42. The number of hydrogen-bond acceptors (Lipinski definition) is 5. The molecule has 25 heavy (non-hydrogen) atoms. The van der Waals surface area contributed by atoms with E-state index in [0.717, 1.165) is 0 Å². The van der Waals surface area contributed by atoms with Gasteiger partial charge in [0, 0.05) is 0 Å². The smallest absolute Gasteiger partial charge is 0.344 e. The average molecular weight is 342 g/mol. The van der Waals surface area contributed by atoms with Gasteiger partial charge in [0.25, 0.3) is 5.56 Å². The maximum atomic E-state index is 12.8. The molecule has 0 aliphatic rings. The first-order valence-corrected chi connectivity index (χ1v) is 7.61. The summed E-state index contributed by atoms with van der Waals surface area (Å²) in [7, 11) is 0. The number of carbonyl (C=O) groups excluding carboxylic acids is 1. The zero-order valence-electron chi connectivity index (χ0n) is 13.2. The predicted octanol–water partition coefficient (Wildman–Crippen LogP) is 2.16. The molecule has 1 heterocycles. The molecule has 0 aliphatic heterocycles. The van der Waals surface area contributed by atoms with Gasteiger partial charge in [-0.2, -0.15) is 0 Å². The van der Waals surface area contributed by atoms with E-state index in [-0.39, 0.29) is 31.1 Å². The fourth-order valence-electron chi connectivity index (χ4n) is 2.24. The van der Waals surface area contributed by atoms with E-state index in [9.17, 15) is 14.0 Å². The number of ether oxygens (including phenoxy) is 2. The fraction of sp³-hybridized carbons (Fsp3) is 0.167. The molecule has 6 nitrogen and oxygen atoms in total. The third-order valence-corrected chi connectivity index (χ3v) is 3.50. The maximum Gasteiger partial charge on any atom is 0.344 e. The number of nitrogens with zero attached hydrogens (tertiary/aromatic N) is 2. The molecule has 1 aromatic heterocycles. The molecule has 0 fully saturated rings. The summed E-state index contributed by atoms with van der Waals surface area (Å²) in [6.45, 7) is -0.0823. The highest BCUT2D eigenvalue weighted by molar-refractivity contribution is 5.76. The Morgan fingerprint density at radius 3 is 2.68 bits per heavy atom. The van der Waals surface area contributed by atoms with Crippen LogP contribution in [0.3, 0.4) is 0 Å². The van der Waals surface area contributed by atoms with Crippen molar-refractivity contribution in [2.45, 2.75) is 6.54 Å². The topological polar surface area (TPSA) is 70.4 Å². The summed E-state index contributed by atoms with van der Waals surface area (Å²) in [6, 6.07) is 12.3. The van der Waals surface area contributed by atoms with Crippen LogP contribution in [0.15, 0.2) is 59.7 Å². The van der Waals surface area contributed by atoms with Crippen molar-refractivity contribution in [3.05, 3.63) is 71.0 Å². The minimum Gasteiger partial charge on any atom is -0.482 e. The SMILES string of the molecule is O=C(COc1ccc(F)cc1)OCCn1cnc2ccccc2c1=O. The Balaban J connectivity index is 1.51. The van der Waals surface area contributed by atoms with E-state index in [1.807, 2.05) is 6.07 Å². The highest BCUT2D eigenvalue weighted by Gasteiger charge is 2.07. The number of aromatic nitrogens is 2. The highest BCUT2D eigenvalue weighted by atomic mass is 19.1. The number of rotatable bonds is 6. The second-order valence-electron chi connectivity index (χ2n) is 5.22. The fourth-order valence-corrected chi connectivity index (χ4v) is 2.24. The van der Waals surface area contributed by atoms with Gasteiger partial charge in [-0.05, 0) is 36.4 Å². The Bertz CT molecular complexity index is 938. The summed E-state index contributed by atoms with van der Waals surface area (Å²) in [4.78, 5) is 28.1. The average Bonchev–Trinajstić information content (AvgIpc) is 2.63. The molecule has 0 atom stereocenters. The summed E-state index contributed by atoms with van der Waals surface area (Å²) >= 11 is 0. The summed E-state index contributed by atoms with van der Waals surface area (Å²) in [5, 5.41) is 0.510. The quantitative estimate of drug-likeness (QED) is 0.642. The van der Waals surface area contributed by atoms with Crippen molar-refractivity contribution in [3.63, 3.8) is 0 Å². The van der Waals surface area contributed by atoms with E-state index < -0.39 is 5.97 Å². The van der Waals surface area contributed by atoms with E-state index in [4.69, 9.17) is 9.47 Å². The molecule has 128 valence electrons. The van der Waals surface area contributed by atoms with Crippen molar-refractivity contribution >= 4 is 16.9 Å². The molecule has 3 aromatic rings. The van der Waals surface area contributed by atoms with Gasteiger partial charge < -0.3 is 9.47 Å². The van der Waals surface area contributed by atoms with E-state index in [2.05, 4.69) is 4.98 Å². The van der Waals surface area contributed by atoms with Crippen molar-refractivity contribution in [3.8, 4) is 5.75 Å². The van der Waals surface area contributed by atoms with Gasteiger partial charge in [-0.15, -0.1) is 0 Å². The van der Waals surface area contributed by atoms with Crippen molar-refractivity contribution in [2.24, 2.45) is 0 Å². The van der Waals surface area contributed by atoms with Crippen LogP contribution in [-0.4, -0.2) is 28.7 Å². The van der Waals surface area contributed by atoms with Crippen LogP contribution in [0.25, 0.3) is 10.9 Å². The van der Waals surface area contributed by atoms with Gasteiger partial charge >= 0.3 is 5.97 Å². The predicted molar refractivity (Wildman–Crippen MR) is 88.9 cm³/mol. The number of halogens is 1. The molecular weight excluding hydrogens is 327 g/mol. The molecular formula is C18H15FN2O4. The van der Waals surface area contributed by atoms with Crippen molar-refractivity contribution in [2.75, 3.05) is 13.2 Å². The van der Waals surface area contributed by atoms with Gasteiger partial charge in [0.2, 0.25) is 0 Å². The molecule has 2 aromatic carbocycles. The first kappa shape index (κ1) is 16.6. The molecule has 0 spiro atoms. The zero-order chi connectivity index (χ0) is 17.6. The van der Waals surface area contributed by atoms with Gasteiger partial charge in [0.05, 0.1) is 23.8 Å². The van der Waals surface area contributed by atoms with Gasteiger partial charge in [-0.25, -0.2) is 14.2 Å². The minimum absolute atomic E-state index is 0.0194. The van der Waals surface area contributed by atoms with E-state index >= 15 is 0 Å². The first-order valence-electron chi connectivity index (χ1n) is 7.61. The number of benzene rings is 2. The highest BCUT2D eigenvalue weighted by Crippen LogP contribution is 2.10. The van der Waals surface area contributed by atoms with E-state index in [0.29, 0.717) is 16.7 Å². The third-order valence-electron chi connectivity index (χ3n) is 3.50. The molecule has 0 aliphatic carbocycles. The zero-order valence-corrected chi connectivity index (χ0v) is 13.2. The lowest BCUT2D eigenvalue weighted by atomic mass is 10.2. The Morgan fingerprint density at radius 2 is 1.88 bits per heavy atom. The number of fused-ring (bicyclic) bond motifs is 1. The largest absolute Gasteiger partial charge is 0.482 e. The number of hydrogen-bond donors (Lipinski definition) is 0. The van der Waals surface area contributed by atoms with Gasteiger partial charge in [-0.3, -0.25) is 9.36 Å². The molecule has 0 bridgehead atoms. The van der Waals surface area contributed by atoms with Gasteiger partial charge in [0.1, 0.15) is 18.2 Å². The maximum absolute atomic E-state index is 12.8. The monoisotopic (exact) mass is 342 g/mol. The molecule has 7 heteroatoms. The Hall–Kier alpha value is -3.22. The third kappa shape index (κ3) is 4.20. The van der Waals surface area contributed by atoms with Gasteiger partial charge in [-0.1, -0.05) is 12.1 Å². The van der Waals surface area contributed by atoms with Crippen LogP contribution < -0.4 is 10.3 Å².